The van der Waals surface area contributed by atoms with Crippen molar-refractivity contribution in [2.24, 2.45) is 11.8 Å². The molecule has 1 fully saturated rings. The van der Waals surface area contributed by atoms with Gasteiger partial charge in [-0.25, -0.2) is 4.79 Å². The number of ether oxygens (including phenoxy) is 1. The second-order valence-electron chi connectivity index (χ2n) is 15.8. The van der Waals surface area contributed by atoms with Gasteiger partial charge in [-0.2, -0.15) is 5.21 Å². The highest BCUT2D eigenvalue weighted by molar-refractivity contribution is 6.38. The van der Waals surface area contributed by atoms with Crippen molar-refractivity contribution >= 4 is 41.4 Å². The molecule has 18 heteroatoms. The maximum absolute atomic E-state index is 13.7. The lowest BCUT2D eigenvalue weighted by atomic mass is 9.99. The van der Waals surface area contributed by atoms with Crippen LogP contribution in [-0.2, 0) is 52.9 Å². The molecule has 0 spiro atoms. The van der Waals surface area contributed by atoms with Crippen molar-refractivity contribution in [2.45, 2.75) is 142 Å². The summed E-state index contributed by atoms with van der Waals surface area (Å²) >= 11 is 0. The lowest BCUT2D eigenvalue weighted by Gasteiger charge is -2.30. The molecule has 2 aliphatic rings. The number of hydrogen-bond donors (Lipinski definition) is 6. The fourth-order valence-electron chi connectivity index (χ4n) is 6.57. The van der Waals surface area contributed by atoms with E-state index in [1.54, 1.807) is 32.6 Å². The van der Waals surface area contributed by atoms with Gasteiger partial charge in [0.1, 0.15) is 18.2 Å². The molecule has 1 unspecified atom stereocenters. The van der Waals surface area contributed by atoms with E-state index in [4.69, 9.17) is 4.74 Å². The summed E-state index contributed by atoms with van der Waals surface area (Å²) in [7, 11) is 0. The molecular formula is C40H60N10O8. The molecule has 0 saturated heterocycles. The molecule has 6 N–H and O–H groups in total. The summed E-state index contributed by atoms with van der Waals surface area (Å²) in [4.78, 5) is 93.5. The Balaban J connectivity index is 1.36. The first-order valence-electron chi connectivity index (χ1n) is 20.5. The summed E-state index contributed by atoms with van der Waals surface area (Å²) in [5.41, 5.74) is 2.14. The number of carbonyl (C=O) groups excluding carboxylic acids is 7. The minimum atomic E-state index is -0.999. The molecule has 18 nitrogen and oxygen atoms in total. The lowest BCUT2D eigenvalue weighted by Crippen LogP contribution is -2.57. The number of carbonyl (C=O) groups is 7. The number of tetrazole rings is 1. The number of H-pyrrole nitrogens is 1. The van der Waals surface area contributed by atoms with Crippen LogP contribution in [0.25, 0.3) is 0 Å². The van der Waals surface area contributed by atoms with Gasteiger partial charge in [-0.15, -0.1) is 10.2 Å². The number of ketones is 1. The van der Waals surface area contributed by atoms with Crippen molar-refractivity contribution in [3.8, 4) is 0 Å². The van der Waals surface area contributed by atoms with E-state index >= 15 is 0 Å². The number of aromatic nitrogens is 4. The number of hydrogen-bond acceptors (Lipinski definition) is 11. The number of Topliss-reactive ketones (excluding diaryl/α,β-unsaturated/α-hetero) is 1. The van der Waals surface area contributed by atoms with Crippen LogP contribution in [0.15, 0.2) is 24.3 Å². The minimum Gasteiger partial charge on any atom is -0.444 e. The number of fused-ring (bicyclic) bond motifs is 1. The highest BCUT2D eigenvalue weighted by atomic mass is 16.6. The third kappa shape index (κ3) is 14.5. The Kier molecular flexibility index (Phi) is 17.6. The molecule has 1 aliphatic carbocycles. The third-order valence-electron chi connectivity index (χ3n) is 10.2. The summed E-state index contributed by atoms with van der Waals surface area (Å²) in [5, 5.41) is 27.4. The number of nitrogens with zero attached hydrogens (tertiary/aromatic N) is 4. The van der Waals surface area contributed by atoms with Crippen molar-refractivity contribution in [3.05, 3.63) is 41.2 Å². The topological polar surface area (TPSA) is 247 Å². The highest BCUT2D eigenvalue weighted by Gasteiger charge is 2.33. The number of rotatable bonds is 23. The SMILES string of the molecule is CCCC(NC(=O)CC[C@H](CNC(=O)[C@@H](NC(=O)[C@H](NC(=O)CCCCc1nn[nH]n1)C(C)C)C(C)C)OC(=O)N1CCc2ccccc2C1)C(=O)C(=O)NC1CC1. The Morgan fingerprint density at radius 3 is 2.21 bits per heavy atom. The molecule has 318 valence electrons. The van der Waals surface area contributed by atoms with E-state index in [0.29, 0.717) is 51.0 Å². The summed E-state index contributed by atoms with van der Waals surface area (Å²) in [6, 6.07) is 4.91. The Morgan fingerprint density at radius 1 is 0.862 bits per heavy atom. The van der Waals surface area contributed by atoms with E-state index in [2.05, 4.69) is 47.2 Å². The summed E-state index contributed by atoms with van der Waals surface area (Å²) in [6.45, 7) is 9.57. The van der Waals surface area contributed by atoms with Gasteiger partial charge in [0.15, 0.2) is 5.82 Å². The fraction of sp³-hybridized carbons (Fsp3) is 0.650. The molecule has 4 rings (SSSR count). The predicted molar refractivity (Wildman–Crippen MR) is 211 cm³/mol. The Labute approximate surface area is 339 Å². The van der Waals surface area contributed by atoms with Crippen molar-refractivity contribution < 1.29 is 38.3 Å². The molecule has 0 radical (unpaired) electrons. The van der Waals surface area contributed by atoms with Gasteiger partial charge in [0.05, 0.1) is 12.6 Å². The zero-order chi connectivity index (χ0) is 42.2. The lowest BCUT2D eigenvalue weighted by molar-refractivity contribution is -0.140. The summed E-state index contributed by atoms with van der Waals surface area (Å²) < 4.78 is 5.91. The van der Waals surface area contributed by atoms with Crippen molar-refractivity contribution in [1.82, 2.24) is 52.1 Å². The molecule has 4 atom stereocenters. The van der Waals surface area contributed by atoms with Crippen molar-refractivity contribution in [1.29, 1.82) is 0 Å². The van der Waals surface area contributed by atoms with Gasteiger partial charge in [-0.1, -0.05) is 70.5 Å². The molecule has 0 bridgehead atoms. The van der Waals surface area contributed by atoms with Crippen molar-refractivity contribution in [3.63, 3.8) is 0 Å². The Morgan fingerprint density at radius 2 is 1.55 bits per heavy atom. The van der Waals surface area contributed by atoms with Gasteiger partial charge in [-0.3, -0.25) is 28.8 Å². The standard InChI is InChI=1S/C40H60N10O8/c1-6-11-30(36(53)39(56)42-28-16-17-28)43-33(52)19-18-29(58-40(57)50-21-20-26-12-7-8-13-27(26)23-50)22-41-37(54)34(24(2)3)45-38(55)35(25(4)5)44-32(51)15-10-9-14-31-46-48-49-47-31/h7-8,12-13,24-25,28-30,34-35H,6,9-11,14-23H2,1-5H3,(H,41,54)(H,42,56)(H,43,52)(H,44,51)(H,45,55)(H,46,47,48,49)/t29-,30?,34+,35-/m1/s1. The first-order chi connectivity index (χ1) is 27.7. The second kappa shape index (κ2) is 22.5. The average Bonchev–Trinajstić information content (AvgIpc) is 3.86. The second-order valence-corrected chi connectivity index (χ2v) is 15.8. The smallest absolute Gasteiger partial charge is 0.410 e. The van der Waals surface area contributed by atoms with Crippen molar-refractivity contribution in [2.75, 3.05) is 13.1 Å². The van der Waals surface area contributed by atoms with Crippen LogP contribution in [0.4, 0.5) is 4.79 Å². The Bertz CT molecular complexity index is 1710. The van der Waals surface area contributed by atoms with E-state index in [-0.39, 0.29) is 56.0 Å². The maximum Gasteiger partial charge on any atom is 0.410 e. The van der Waals surface area contributed by atoms with E-state index in [1.165, 1.54) is 0 Å². The predicted octanol–water partition coefficient (Wildman–Crippen LogP) is 1.79. The third-order valence-corrected chi connectivity index (χ3v) is 10.2. The number of benzene rings is 1. The van der Waals surface area contributed by atoms with E-state index in [0.717, 1.165) is 24.0 Å². The summed E-state index contributed by atoms with van der Waals surface area (Å²) in [6.07, 6.45) is 3.35. The van der Waals surface area contributed by atoms with Crippen LogP contribution in [0.1, 0.15) is 109 Å². The van der Waals surface area contributed by atoms with Gasteiger partial charge in [-0.05, 0) is 67.9 Å². The zero-order valence-electron chi connectivity index (χ0n) is 34.3. The molecule has 2 aromatic rings. The first kappa shape index (κ1) is 45.3. The number of nitrogens with one attached hydrogen (secondary N) is 6. The van der Waals surface area contributed by atoms with Crippen LogP contribution in [0.2, 0.25) is 0 Å². The van der Waals surface area contributed by atoms with Crippen LogP contribution in [0.5, 0.6) is 0 Å². The zero-order valence-corrected chi connectivity index (χ0v) is 34.3. The van der Waals surface area contributed by atoms with Gasteiger partial charge in [0.2, 0.25) is 29.4 Å². The Hall–Kier alpha value is -5.42. The number of aromatic amines is 1. The average molecular weight is 809 g/mol. The van der Waals surface area contributed by atoms with Crippen LogP contribution >= 0.6 is 0 Å². The molecule has 1 aliphatic heterocycles. The summed E-state index contributed by atoms with van der Waals surface area (Å²) in [5.74, 6) is -3.38. The molecule has 58 heavy (non-hydrogen) atoms. The van der Waals surface area contributed by atoms with E-state index in [1.807, 2.05) is 31.2 Å². The largest absolute Gasteiger partial charge is 0.444 e. The monoisotopic (exact) mass is 808 g/mol. The van der Waals surface area contributed by atoms with Gasteiger partial charge in [0.25, 0.3) is 5.91 Å². The molecule has 1 aromatic heterocycles. The quantitative estimate of drug-likeness (QED) is 0.0698. The number of amides is 6. The number of unbranched alkanes of at least 4 members (excludes halogenated alkanes) is 1. The first-order valence-corrected chi connectivity index (χ1v) is 20.5. The van der Waals surface area contributed by atoms with Gasteiger partial charge >= 0.3 is 6.09 Å². The van der Waals surface area contributed by atoms with Crippen LogP contribution in [0.3, 0.4) is 0 Å². The normalized spacial score (nSPS) is 15.7. The molecule has 1 aromatic carbocycles. The van der Waals surface area contributed by atoms with Crippen LogP contribution in [0, 0.1) is 11.8 Å². The molecule has 1 saturated carbocycles. The van der Waals surface area contributed by atoms with E-state index in [9.17, 15) is 33.6 Å². The highest BCUT2D eigenvalue weighted by Crippen LogP contribution is 2.21. The molecule has 6 amide bonds. The van der Waals surface area contributed by atoms with Gasteiger partial charge < -0.3 is 36.2 Å². The fourth-order valence-corrected chi connectivity index (χ4v) is 6.57. The number of aryl methyl sites for hydroxylation is 1. The minimum absolute atomic E-state index is 0.00114. The maximum atomic E-state index is 13.7. The van der Waals surface area contributed by atoms with E-state index < -0.39 is 59.7 Å². The van der Waals surface area contributed by atoms with Crippen LogP contribution in [-0.4, -0.2) is 110 Å². The van der Waals surface area contributed by atoms with Gasteiger partial charge in [0, 0.05) is 38.4 Å². The molecule has 2 heterocycles. The van der Waals surface area contributed by atoms with Crippen LogP contribution < -0.4 is 26.6 Å². The molecular weight excluding hydrogens is 749 g/mol.